The van der Waals surface area contributed by atoms with Gasteiger partial charge in [0, 0.05) is 22.9 Å². The predicted molar refractivity (Wildman–Crippen MR) is 166 cm³/mol. The summed E-state index contributed by atoms with van der Waals surface area (Å²) in [6.45, 7) is 5.13. The van der Waals surface area contributed by atoms with Crippen LogP contribution in [0.25, 0.3) is 0 Å². The number of ketones is 1. The molecule has 10 nitrogen and oxygen atoms in total. The molecule has 1 saturated heterocycles. The third kappa shape index (κ3) is 5.89. The summed E-state index contributed by atoms with van der Waals surface area (Å²) < 4.78 is 52.6. The van der Waals surface area contributed by atoms with Gasteiger partial charge in [-0.1, -0.05) is 22.0 Å². The fourth-order valence-electron chi connectivity index (χ4n) is 6.92. The topological polar surface area (TPSA) is 127 Å². The number of ether oxygens (including phenoxy) is 2. The van der Waals surface area contributed by atoms with Crippen molar-refractivity contribution in [2.45, 2.75) is 74.2 Å². The van der Waals surface area contributed by atoms with Gasteiger partial charge >= 0.3 is 12.1 Å². The number of carbonyl (C=O) groups excluding carboxylic acids is 4. The number of hydrogen-bond acceptors (Lipinski definition) is 8. The maximum atomic E-state index is 14.7. The van der Waals surface area contributed by atoms with Crippen LogP contribution in [0.4, 0.5) is 14.9 Å². The van der Waals surface area contributed by atoms with Crippen molar-refractivity contribution in [3.63, 3.8) is 0 Å². The summed E-state index contributed by atoms with van der Waals surface area (Å²) >= 11 is 3.45. The van der Waals surface area contributed by atoms with Gasteiger partial charge in [-0.05, 0) is 94.8 Å². The van der Waals surface area contributed by atoms with Crippen LogP contribution in [0.15, 0.2) is 51.8 Å². The van der Waals surface area contributed by atoms with Crippen LogP contribution < -0.4 is 4.90 Å². The average Bonchev–Trinajstić information content (AvgIpc) is 3.40. The van der Waals surface area contributed by atoms with Crippen LogP contribution in [0.5, 0.6) is 0 Å². The standard InChI is InChI=1S/C32H36BrFN2O8S/c1-31(2,3)44-30(40)36-18-26-32(24-14-9-21(33)17-25(24)36,45(41,42)23-12-10-22(34)11-13-23)15-16-35(26)28(38)20-7-5-19(6-8-20)27(37)29(39)43-4/h9-14,17,19-20,26H,5-8,15-16,18H2,1-4H3/t19-,20-,26?,32?. The molecular formula is C32H36BrFN2O8S. The van der Waals surface area contributed by atoms with Gasteiger partial charge in [0.25, 0.3) is 0 Å². The first-order valence-electron chi connectivity index (χ1n) is 14.8. The van der Waals surface area contributed by atoms with E-state index in [1.807, 2.05) is 0 Å². The third-order valence-corrected chi connectivity index (χ3v) is 12.1. The molecule has 45 heavy (non-hydrogen) atoms. The lowest BCUT2D eigenvalue weighted by atomic mass is 9.79. The van der Waals surface area contributed by atoms with E-state index < -0.39 is 61.7 Å². The predicted octanol–water partition coefficient (Wildman–Crippen LogP) is 5.16. The molecule has 0 bridgehead atoms. The fourth-order valence-corrected chi connectivity index (χ4v) is 9.56. The normalized spacial score (nSPS) is 24.8. The molecule has 2 aromatic rings. The zero-order valence-electron chi connectivity index (χ0n) is 25.5. The van der Waals surface area contributed by atoms with E-state index in [0.29, 0.717) is 41.4 Å². The molecule has 3 aliphatic rings. The van der Waals surface area contributed by atoms with E-state index in [-0.39, 0.29) is 30.3 Å². The van der Waals surface area contributed by atoms with Crippen LogP contribution in [0, 0.1) is 17.7 Å². The van der Waals surface area contributed by atoms with E-state index in [9.17, 15) is 32.0 Å². The molecule has 2 aromatic carbocycles. The Hall–Kier alpha value is -3.32. The first kappa shape index (κ1) is 33.1. The summed E-state index contributed by atoms with van der Waals surface area (Å²) in [6.07, 6.45) is 0.691. The SMILES string of the molecule is COC(=O)C(=O)[C@H]1CC[C@H](C(=O)N2CCC3(S(=O)(=O)c4ccc(F)cc4)c4ccc(Br)cc4N(C(=O)OC(C)(C)C)CC23)CC1. The number of likely N-dealkylation sites (tertiary alicyclic amines) is 1. The van der Waals surface area contributed by atoms with Crippen molar-refractivity contribution < 1.29 is 41.5 Å². The molecule has 2 unspecified atom stereocenters. The maximum absolute atomic E-state index is 14.7. The smallest absolute Gasteiger partial charge is 0.414 e. The molecule has 2 heterocycles. The summed E-state index contributed by atoms with van der Waals surface area (Å²) in [5.41, 5.74) is -0.153. The van der Waals surface area contributed by atoms with Gasteiger partial charge in [0.05, 0.1) is 30.3 Å². The number of anilines is 1. The number of halogens is 2. The summed E-state index contributed by atoms with van der Waals surface area (Å²) in [4.78, 5) is 54.8. The summed E-state index contributed by atoms with van der Waals surface area (Å²) in [6, 6.07) is 8.64. The van der Waals surface area contributed by atoms with Crippen LogP contribution in [0.3, 0.4) is 0 Å². The minimum absolute atomic E-state index is 0.0517. The second kappa shape index (κ2) is 12.1. The van der Waals surface area contributed by atoms with Gasteiger partial charge in [0.2, 0.25) is 11.7 Å². The molecular weight excluding hydrogens is 671 g/mol. The molecule has 0 aromatic heterocycles. The zero-order chi connectivity index (χ0) is 32.9. The number of sulfone groups is 1. The summed E-state index contributed by atoms with van der Waals surface area (Å²) in [5.74, 6) is -3.42. The second-order valence-corrected chi connectivity index (χ2v) is 15.9. The van der Waals surface area contributed by atoms with Crippen molar-refractivity contribution in [2.24, 2.45) is 11.8 Å². The average molecular weight is 708 g/mol. The maximum Gasteiger partial charge on any atom is 0.414 e. The molecule has 5 rings (SSSR count). The van der Waals surface area contributed by atoms with Gasteiger partial charge in [-0.3, -0.25) is 14.5 Å². The van der Waals surface area contributed by atoms with Crippen molar-refractivity contribution in [1.29, 1.82) is 0 Å². The van der Waals surface area contributed by atoms with Gasteiger partial charge in [0.15, 0.2) is 9.84 Å². The number of methoxy groups -OCH3 is 1. The molecule has 13 heteroatoms. The number of amides is 2. The molecule has 2 amide bonds. The highest BCUT2D eigenvalue weighted by molar-refractivity contribution is 9.10. The lowest BCUT2D eigenvalue weighted by Gasteiger charge is -2.47. The van der Waals surface area contributed by atoms with Gasteiger partial charge < -0.3 is 14.4 Å². The van der Waals surface area contributed by atoms with Crippen molar-refractivity contribution in [1.82, 2.24) is 4.90 Å². The van der Waals surface area contributed by atoms with E-state index in [4.69, 9.17) is 4.74 Å². The quantitative estimate of drug-likeness (QED) is 0.237. The highest BCUT2D eigenvalue weighted by Gasteiger charge is 2.63. The number of carbonyl (C=O) groups is 4. The minimum Gasteiger partial charge on any atom is -0.463 e. The lowest BCUT2D eigenvalue weighted by molar-refractivity contribution is -0.154. The Labute approximate surface area is 270 Å². The number of Topliss-reactive ketones (excluding diaryl/α,β-unsaturated/α-hetero) is 1. The number of hydrogen-bond donors (Lipinski definition) is 0. The monoisotopic (exact) mass is 706 g/mol. The van der Waals surface area contributed by atoms with Crippen LogP contribution in [-0.2, 0) is 38.4 Å². The van der Waals surface area contributed by atoms with E-state index in [2.05, 4.69) is 20.7 Å². The molecule has 1 aliphatic carbocycles. The second-order valence-electron chi connectivity index (χ2n) is 12.8. The minimum atomic E-state index is -4.27. The number of nitrogens with zero attached hydrogens (tertiary/aromatic N) is 2. The van der Waals surface area contributed by atoms with E-state index in [1.54, 1.807) is 43.9 Å². The van der Waals surface area contributed by atoms with Crippen LogP contribution in [-0.4, -0.2) is 68.9 Å². The molecule has 2 atom stereocenters. The van der Waals surface area contributed by atoms with Gasteiger partial charge in [-0.2, -0.15) is 0 Å². The fraction of sp³-hybridized carbons (Fsp3) is 0.500. The lowest BCUT2D eigenvalue weighted by Crippen LogP contribution is -2.60. The van der Waals surface area contributed by atoms with Crippen molar-refractivity contribution in [2.75, 3.05) is 25.1 Å². The van der Waals surface area contributed by atoms with Gasteiger partial charge in [-0.15, -0.1) is 0 Å². The molecule has 0 N–H and O–H groups in total. The van der Waals surface area contributed by atoms with Gasteiger partial charge in [-0.25, -0.2) is 22.4 Å². The number of fused-ring (bicyclic) bond motifs is 3. The Morgan fingerprint density at radius 3 is 2.20 bits per heavy atom. The Balaban J connectivity index is 1.58. The number of esters is 1. The van der Waals surface area contributed by atoms with Gasteiger partial charge in [0.1, 0.15) is 16.2 Å². The largest absolute Gasteiger partial charge is 0.463 e. The van der Waals surface area contributed by atoms with E-state index >= 15 is 0 Å². The summed E-state index contributed by atoms with van der Waals surface area (Å²) in [5, 5.41) is 0. The van der Waals surface area contributed by atoms with Crippen LogP contribution in [0.2, 0.25) is 0 Å². The van der Waals surface area contributed by atoms with Crippen molar-refractivity contribution in [3.8, 4) is 0 Å². The van der Waals surface area contributed by atoms with E-state index in [0.717, 1.165) is 19.2 Å². The van der Waals surface area contributed by atoms with Crippen molar-refractivity contribution >= 4 is 55.2 Å². The van der Waals surface area contributed by atoms with E-state index in [1.165, 1.54) is 17.0 Å². The molecule has 0 radical (unpaired) electrons. The van der Waals surface area contributed by atoms with Crippen LogP contribution >= 0.6 is 15.9 Å². The van der Waals surface area contributed by atoms with Crippen molar-refractivity contribution in [3.05, 3.63) is 58.3 Å². The molecule has 242 valence electrons. The number of rotatable bonds is 5. The molecule has 2 aliphatic heterocycles. The molecule has 1 saturated carbocycles. The first-order chi connectivity index (χ1) is 21.1. The Morgan fingerprint density at radius 2 is 1.60 bits per heavy atom. The highest BCUT2D eigenvalue weighted by Crippen LogP contribution is 2.54. The molecule has 0 spiro atoms. The third-order valence-electron chi connectivity index (χ3n) is 9.03. The first-order valence-corrected chi connectivity index (χ1v) is 17.1. The molecule has 2 fully saturated rings. The number of benzene rings is 2. The highest BCUT2D eigenvalue weighted by atomic mass is 79.9. The Bertz CT molecular complexity index is 1630. The Morgan fingerprint density at radius 1 is 0.978 bits per heavy atom. The summed E-state index contributed by atoms with van der Waals surface area (Å²) in [7, 11) is -3.12. The van der Waals surface area contributed by atoms with Crippen LogP contribution in [0.1, 0.15) is 58.4 Å². The Kier molecular flexibility index (Phi) is 8.91. The zero-order valence-corrected chi connectivity index (χ0v) is 28.0.